The molecule has 0 saturated carbocycles. The number of nitrogens with one attached hydrogen (secondary N) is 1. The summed E-state index contributed by atoms with van der Waals surface area (Å²) in [6.07, 6.45) is 0. The zero-order valence-corrected chi connectivity index (χ0v) is 21.6. The molecular formula is C34H26N2O3. The highest BCUT2D eigenvalue weighted by atomic mass is 16.6. The van der Waals surface area contributed by atoms with E-state index in [9.17, 15) is 4.79 Å². The molecule has 0 amide bonds. The molecular weight excluding hydrogens is 484 g/mol. The van der Waals surface area contributed by atoms with E-state index in [2.05, 4.69) is 40.5 Å². The molecule has 5 aromatic carbocycles. The number of carbonyl (C=O) groups is 1. The van der Waals surface area contributed by atoms with Gasteiger partial charge in [-0.2, -0.15) is 0 Å². The molecule has 0 aromatic heterocycles. The maximum atomic E-state index is 13.2. The van der Waals surface area contributed by atoms with Crippen LogP contribution in [0.2, 0.25) is 0 Å². The molecule has 1 unspecified atom stereocenters. The summed E-state index contributed by atoms with van der Waals surface area (Å²) in [5.74, 6) is 0.978. The van der Waals surface area contributed by atoms with Crippen LogP contribution in [0, 0.1) is 0 Å². The Bertz CT molecular complexity index is 1730. The SMILES string of the molecule is CN(C)c1ccc(Nc2ccc3c(c2)Oc2ccc(-c4ccccc4)cc2C32OC(=O)c3ccccc32)cc1. The third-order valence-electron chi connectivity index (χ3n) is 7.49. The molecule has 0 bridgehead atoms. The highest BCUT2D eigenvalue weighted by molar-refractivity contribution is 5.97. The zero-order chi connectivity index (χ0) is 26.6. The van der Waals surface area contributed by atoms with E-state index in [0.717, 1.165) is 44.9 Å². The van der Waals surface area contributed by atoms with Gasteiger partial charge in [0, 0.05) is 53.9 Å². The zero-order valence-electron chi connectivity index (χ0n) is 21.6. The van der Waals surface area contributed by atoms with Gasteiger partial charge in [0.15, 0.2) is 5.60 Å². The van der Waals surface area contributed by atoms with Crippen LogP contribution in [0.1, 0.15) is 27.0 Å². The van der Waals surface area contributed by atoms with Crippen molar-refractivity contribution in [3.63, 3.8) is 0 Å². The minimum atomic E-state index is -1.10. The van der Waals surface area contributed by atoms with Crippen molar-refractivity contribution >= 4 is 23.0 Å². The Morgan fingerprint density at radius 2 is 1.38 bits per heavy atom. The van der Waals surface area contributed by atoms with Crippen LogP contribution in [0.3, 0.4) is 0 Å². The van der Waals surface area contributed by atoms with Gasteiger partial charge in [-0.1, -0.05) is 54.6 Å². The maximum absolute atomic E-state index is 13.2. The molecule has 5 aromatic rings. The largest absolute Gasteiger partial charge is 0.456 e. The van der Waals surface area contributed by atoms with Crippen LogP contribution in [-0.2, 0) is 10.3 Å². The molecule has 7 rings (SSSR count). The second-order valence-electron chi connectivity index (χ2n) is 10.1. The molecule has 0 aliphatic carbocycles. The van der Waals surface area contributed by atoms with Crippen molar-refractivity contribution < 1.29 is 14.3 Å². The summed E-state index contributed by atoms with van der Waals surface area (Å²) in [5.41, 5.74) is 6.99. The maximum Gasteiger partial charge on any atom is 0.340 e. The van der Waals surface area contributed by atoms with Crippen molar-refractivity contribution in [1.82, 2.24) is 0 Å². The van der Waals surface area contributed by atoms with Crippen molar-refractivity contribution in [3.8, 4) is 22.6 Å². The van der Waals surface area contributed by atoms with Gasteiger partial charge in [-0.3, -0.25) is 0 Å². The van der Waals surface area contributed by atoms with E-state index in [1.807, 2.05) is 99.0 Å². The number of anilines is 3. The number of fused-ring (bicyclic) bond motifs is 6. The summed E-state index contributed by atoms with van der Waals surface area (Å²) in [6, 6.07) is 38.1. The smallest absolute Gasteiger partial charge is 0.340 e. The van der Waals surface area contributed by atoms with Gasteiger partial charge in [-0.25, -0.2) is 4.79 Å². The number of rotatable bonds is 4. The second kappa shape index (κ2) is 8.77. The lowest BCUT2D eigenvalue weighted by molar-refractivity contribution is 0.0224. The first-order valence-corrected chi connectivity index (χ1v) is 12.9. The number of carbonyl (C=O) groups excluding carboxylic acids is 1. The van der Waals surface area contributed by atoms with E-state index >= 15 is 0 Å². The first-order chi connectivity index (χ1) is 19.0. The van der Waals surface area contributed by atoms with Gasteiger partial charge in [0.05, 0.1) is 5.56 Å². The van der Waals surface area contributed by atoms with Crippen molar-refractivity contribution in [1.29, 1.82) is 0 Å². The Morgan fingerprint density at radius 1 is 0.641 bits per heavy atom. The molecule has 1 atom stereocenters. The van der Waals surface area contributed by atoms with Gasteiger partial charge in [0.25, 0.3) is 0 Å². The van der Waals surface area contributed by atoms with E-state index in [1.54, 1.807) is 0 Å². The summed E-state index contributed by atoms with van der Waals surface area (Å²) >= 11 is 0. The van der Waals surface area contributed by atoms with Crippen LogP contribution in [0.15, 0.2) is 115 Å². The van der Waals surface area contributed by atoms with E-state index in [1.165, 1.54) is 0 Å². The Morgan fingerprint density at radius 3 is 2.18 bits per heavy atom. The van der Waals surface area contributed by atoms with Crippen molar-refractivity contribution in [2.24, 2.45) is 0 Å². The summed E-state index contributed by atoms with van der Waals surface area (Å²) in [4.78, 5) is 15.3. The standard InChI is InChI=1S/C34H26N2O3/c1-36(2)26-16-13-24(14-17-26)35-25-15-18-29-32(21-25)38-31-19-12-23(22-8-4-3-5-9-22)20-30(31)34(29)28-11-7-6-10-27(28)33(37)39-34/h3-21,35H,1-2H3. The number of hydrogen-bond donors (Lipinski definition) is 1. The second-order valence-corrected chi connectivity index (χ2v) is 10.1. The molecule has 190 valence electrons. The van der Waals surface area contributed by atoms with Gasteiger partial charge in [-0.05, 0) is 65.7 Å². The fourth-order valence-corrected chi connectivity index (χ4v) is 5.57. The van der Waals surface area contributed by atoms with E-state index in [-0.39, 0.29) is 5.97 Å². The molecule has 2 aliphatic heterocycles. The molecule has 0 fully saturated rings. The van der Waals surface area contributed by atoms with Crippen LogP contribution >= 0.6 is 0 Å². The highest BCUT2D eigenvalue weighted by Gasteiger charge is 2.53. The summed E-state index contributed by atoms with van der Waals surface area (Å²) < 4.78 is 12.9. The number of nitrogens with zero attached hydrogens (tertiary/aromatic N) is 1. The van der Waals surface area contributed by atoms with Gasteiger partial charge >= 0.3 is 5.97 Å². The molecule has 1 N–H and O–H groups in total. The van der Waals surface area contributed by atoms with Gasteiger partial charge in [-0.15, -0.1) is 0 Å². The summed E-state index contributed by atoms with van der Waals surface area (Å²) in [6.45, 7) is 0. The molecule has 0 saturated heterocycles. The van der Waals surface area contributed by atoms with Crippen molar-refractivity contribution in [2.75, 3.05) is 24.3 Å². The number of ether oxygens (including phenoxy) is 2. The van der Waals surface area contributed by atoms with Crippen molar-refractivity contribution in [3.05, 3.63) is 138 Å². The Balaban J connectivity index is 1.37. The molecule has 2 heterocycles. The third-order valence-corrected chi connectivity index (χ3v) is 7.49. The number of esters is 1. The molecule has 39 heavy (non-hydrogen) atoms. The minimum absolute atomic E-state index is 0.335. The average molecular weight is 511 g/mol. The van der Waals surface area contributed by atoms with E-state index in [0.29, 0.717) is 17.1 Å². The van der Waals surface area contributed by atoms with Crippen LogP contribution in [0.5, 0.6) is 11.5 Å². The fraction of sp³-hybridized carbons (Fsp3) is 0.0882. The first kappa shape index (κ1) is 23.1. The monoisotopic (exact) mass is 510 g/mol. The Hall–Kier alpha value is -5.03. The lowest BCUT2D eigenvalue weighted by Crippen LogP contribution is -2.33. The topological polar surface area (TPSA) is 50.8 Å². The molecule has 5 heteroatoms. The molecule has 0 radical (unpaired) electrons. The van der Waals surface area contributed by atoms with Crippen molar-refractivity contribution in [2.45, 2.75) is 5.60 Å². The lowest BCUT2D eigenvalue weighted by Gasteiger charge is -2.37. The van der Waals surface area contributed by atoms with Crippen LogP contribution in [-0.4, -0.2) is 20.1 Å². The lowest BCUT2D eigenvalue weighted by atomic mass is 9.77. The normalized spacial score (nSPS) is 16.5. The Labute approximate surface area is 227 Å². The minimum Gasteiger partial charge on any atom is -0.456 e. The average Bonchev–Trinajstić information content (AvgIpc) is 3.26. The Kier molecular flexibility index (Phi) is 5.20. The van der Waals surface area contributed by atoms with Gasteiger partial charge in [0.1, 0.15) is 11.5 Å². The van der Waals surface area contributed by atoms with Gasteiger partial charge in [0.2, 0.25) is 0 Å². The number of benzene rings is 5. The third kappa shape index (κ3) is 3.66. The molecule has 5 nitrogen and oxygen atoms in total. The van der Waals surface area contributed by atoms with E-state index < -0.39 is 5.60 Å². The van der Waals surface area contributed by atoms with E-state index in [4.69, 9.17) is 9.47 Å². The quantitative estimate of drug-likeness (QED) is 0.251. The fourth-order valence-electron chi connectivity index (χ4n) is 5.57. The van der Waals surface area contributed by atoms with Crippen LogP contribution in [0.4, 0.5) is 17.1 Å². The first-order valence-electron chi connectivity index (χ1n) is 12.9. The van der Waals surface area contributed by atoms with Gasteiger partial charge < -0.3 is 19.7 Å². The van der Waals surface area contributed by atoms with Crippen LogP contribution in [0.25, 0.3) is 11.1 Å². The molecule has 1 spiro atoms. The highest BCUT2D eigenvalue weighted by Crippen LogP contribution is 2.57. The molecule has 2 aliphatic rings. The summed E-state index contributed by atoms with van der Waals surface area (Å²) in [7, 11) is 4.04. The number of hydrogen-bond acceptors (Lipinski definition) is 5. The van der Waals surface area contributed by atoms with Crippen LogP contribution < -0.4 is 15.0 Å². The predicted molar refractivity (Wildman–Crippen MR) is 154 cm³/mol. The predicted octanol–water partition coefficient (Wildman–Crippen LogP) is 7.73. The summed E-state index contributed by atoms with van der Waals surface area (Å²) in [5, 5.41) is 3.48.